The first-order chi connectivity index (χ1) is 9.24. The fourth-order valence-corrected chi connectivity index (χ4v) is 2.16. The standard InChI is InChI=1S/C15H21N2O2/c1-13-4-2-5-14(12-13)16-15(18)6-3-7-17-8-10-19-11-9-17/h2,4-5,12H,1,3,6-11H2,(H,16,18). The quantitative estimate of drug-likeness (QED) is 0.880. The van der Waals surface area contributed by atoms with Gasteiger partial charge in [0, 0.05) is 25.2 Å². The number of amides is 1. The minimum atomic E-state index is 0.0684. The normalized spacial score (nSPS) is 16.3. The second-order valence-corrected chi connectivity index (χ2v) is 4.81. The van der Waals surface area contributed by atoms with Crippen LogP contribution in [0.5, 0.6) is 0 Å². The summed E-state index contributed by atoms with van der Waals surface area (Å²) in [6.45, 7) is 8.38. The number of morpholine rings is 1. The topological polar surface area (TPSA) is 41.6 Å². The third-order valence-corrected chi connectivity index (χ3v) is 3.19. The summed E-state index contributed by atoms with van der Waals surface area (Å²) in [4.78, 5) is 14.1. The van der Waals surface area contributed by atoms with E-state index in [-0.39, 0.29) is 5.91 Å². The van der Waals surface area contributed by atoms with E-state index in [4.69, 9.17) is 4.74 Å². The molecule has 0 aliphatic carbocycles. The van der Waals surface area contributed by atoms with Crippen molar-refractivity contribution in [2.45, 2.75) is 12.8 Å². The maximum atomic E-state index is 11.8. The molecule has 0 spiro atoms. The average molecular weight is 261 g/mol. The van der Waals surface area contributed by atoms with Gasteiger partial charge in [-0.05, 0) is 37.6 Å². The van der Waals surface area contributed by atoms with Gasteiger partial charge >= 0.3 is 0 Å². The lowest BCUT2D eigenvalue weighted by molar-refractivity contribution is -0.116. The van der Waals surface area contributed by atoms with Crippen LogP contribution in [-0.4, -0.2) is 43.7 Å². The predicted molar refractivity (Wildman–Crippen MR) is 76.0 cm³/mol. The molecule has 0 atom stereocenters. The number of nitrogens with one attached hydrogen (secondary N) is 1. The number of rotatable bonds is 5. The van der Waals surface area contributed by atoms with Gasteiger partial charge in [0.1, 0.15) is 0 Å². The lowest BCUT2D eigenvalue weighted by atomic mass is 10.2. The molecule has 1 aliphatic heterocycles. The van der Waals surface area contributed by atoms with Crippen LogP contribution in [0.1, 0.15) is 18.4 Å². The van der Waals surface area contributed by atoms with Gasteiger partial charge in [0.15, 0.2) is 0 Å². The summed E-state index contributed by atoms with van der Waals surface area (Å²) in [6.07, 6.45) is 1.44. The highest BCUT2D eigenvalue weighted by Gasteiger charge is 2.10. The Morgan fingerprint density at radius 3 is 2.89 bits per heavy atom. The number of carbonyl (C=O) groups excluding carboxylic acids is 1. The highest BCUT2D eigenvalue weighted by molar-refractivity contribution is 5.90. The second kappa shape index (κ2) is 7.26. The van der Waals surface area contributed by atoms with Crippen LogP contribution in [0.3, 0.4) is 0 Å². The number of anilines is 1. The van der Waals surface area contributed by atoms with Gasteiger partial charge in [-0.25, -0.2) is 0 Å². The van der Waals surface area contributed by atoms with Gasteiger partial charge in [-0.2, -0.15) is 0 Å². The largest absolute Gasteiger partial charge is 0.379 e. The molecular weight excluding hydrogens is 240 g/mol. The Morgan fingerprint density at radius 1 is 1.37 bits per heavy atom. The van der Waals surface area contributed by atoms with E-state index in [1.807, 2.05) is 24.3 Å². The van der Waals surface area contributed by atoms with Crippen LogP contribution >= 0.6 is 0 Å². The van der Waals surface area contributed by atoms with Gasteiger partial charge in [-0.15, -0.1) is 0 Å². The molecule has 2 rings (SSSR count). The molecule has 1 saturated heterocycles. The molecule has 4 heteroatoms. The average Bonchev–Trinajstić information content (AvgIpc) is 2.40. The Morgan fingerprint density at radius 2 is 2.16 bits per heavy atom. The lowest BCUT2D eigenvalue weighted by Gasteiger charge is -2.26. The molecule has 1 aromatic rings. The zero-order valence-corrected chi connectivity index (χ0v) is 11.2. The number of hydrogen-bond donors (Lipinski definition) is 1. The van der Waals surface area contributed by atoms with Gasteiger partial charge in [-0.1, -0.05) is 12.1 Å². The molecule has 1 aromatic carbocycles. The van der Waals surface area contributed by atoms with E-state index in [2.05, 4.69) is 17.1 Å². The van der Waals surface area contributed by atoms with Gasteiger partial charge < -0.3 is 10.1 Å². The Kier molecular flexibility index (Phi) is 5.36. The van der Waals surface area contributed by atoms with Crippen molar-refractivity contribution in [3.8, 4) is 0 Å². The zero-order valence-electron chi connectivity index (χ0n) is 11.2. The van der Waals surface area contributed by atoms with Gasteiger partial charge in [-0.3, -0.25) is 9.69 Å². The molecule has 0 bridgehead atoms. The third-order valence-electron chi connectivity index (χ3n) is 3.19. The number of ether oxygens (including phenoxy) is 1. The van der Waals surface area contributed by atoms with Gasteiger partial charge in [0.05, 0.1) is 13.2 Å². The molecule has 103 valence electrons. The van der Waals surface area contributed by atoms with Crippen LogP contribution in [0.2, 0.25) is 0 Å². The molecule has 19 heavy (non-hydrogen) atoms. The van der Waals surface area contributed by atoms with E-state index >= 15 is 0 Å². The van der Waals surface area contributed by atoms with Crippen molar-refractivity contribution in [3.05, 3.63) is 36.8 Å². The van der Waals surface area contributed by atoms with Crippen molar-refractivity contribution in [3.63, 3.8) is 0 Å². The lowest BCUT2D eigenvalue weighted by Crippen LogP contribution is -2.37. The minimum Gasteiger partial charge on any atom is -0.379 e. The number of nitrogens with zero attached hydrogens (tertiary/aromatic N) is 1. The number of hydrogen-bond acceptors (Lipinski definition) is 3. The van der Waals surface area contributed by atoms with Crippen LogP contribution in [0.4, 0.5) is 5.69 Å². The summed E-state index contributed by atoms with van der Waals surface area (Å²) in [5.74, 6) is 0.0684. The summed E-state index contributed by atoms with van der Waals surface area (Å²) < 4.78 is 5.29. The minimum absolute atomic E-state index is 0.0684. The Bertz CT molecular complexity index is 414. The van der Waals surface area contributed by atoms with Crippen LogP contribution < -0.4 is 5.32 Å². The zero-order chi connectivity index (χ0) is 13.5. The predicted octanol–water partition coefficient (Wildman–Crippen LogP) is 1.92. The maximum absolute atomic E-state index is 11.8. The van der Waals surface area contributed by atoms with Crippen LogP contribution in [0.25, 0.3) is 0 Å². The van der Waals surface area contributed by atoms with Gasteiger partial charge in [0.2, 0.25) is 5.91 Å². The Hall–Kier alpha value is -1.39. The number of carbonyl (C=O) groups is 1. The van der Waals surface area contributed by atoms with Crippen molar-refractivity contribution in [1.82, 2.24) is 4.90 Å². The molecule has 1 radical (unpaired) electrons. The maximum Gasteiger partial charge on any atom is 0.224 e. The van der Waals surface area contributed by atoms with Crippen molar-refractivity contribution >= 4 is 11.6 Å². The third kappa shape index (κ3) is 5.01. The summed E-state index contributed by atoms with van der Waals surface area (Å²) in [6, 6.07) is 7.56. The molecule has 0 aromatic heterocycles. The fraction of sp³-hybridized carbons (Fsp3) is 0.467. The first-order valence-corrected chi connectivity index (χ1v) is 6.76. The first-order valence-electron chi connectivity index (χ1n) is 6.76. The monoisotopic (exact) mass is 261 g/mol. The summed E-state index contributed by atoms with van der Waals surface area (Å²) >= 11 is 0. The van der Waals surface area contributed by atoms with Crippen molar-refractivity contribution in [1.29, 1.82) is 0 Å². The molecule has 0 unspecified atom stereocenters. The first kappa shape index (κ1) is 14.0. The van der Waals surface area contributed by atoms with Gasteiger partial charge in [0.25, 0.3) is 0 Å². The van der Waals surface area contributed by atoms with E-state index in [1.54, 1.807) is 0 Å². The molecule has 0 saturated carbocycles. The SMILES string of the molecule is [CH2]c1cccc(NC(=O)CCCN2CCOCC2)c1. The van der Waals surface area contributed by atoms with Crippen molar-refractivity contribution in [2.75, 3.05) is 38.2 Å². The number of benzene rings is 1. The highest BCUT2D eigenvalue weighted by atomic mass is 16.5. The van der Waals surface area contributed by atoms with E-state index in [0.717, 1.165) is 50.5 Å². The van der Waals surface area contributed by atoms with E-state index in [0.29, 0.717) is 6.42 Å². The van der Waals surface area contributed by atoms with E-state index < -0.39 is 0 Å². The molecule has 1 amide bonds. The molecule has 1 heterocycles. The second-order valence-electron chi connectivity index (χ2n) is 4.81. The summed E-state index contributed by atoms with van der Waals surface area (Å²) in [7, 11) is 0. The molecule has 1 fully saturated rings. The molecule has 1 N–H and O–H groups in total. The van der Waals surface area contributed by atoms with E-state index in [9.17, 15) is 4.79 Å². The molecule has 1 aliphatic rings. The van der Waals surface area contributed by atoms with Crippen LogP contribution in [0, 0.1) is 6.92 Å². The smallest absolute Gasteiger partial charge is 0.224 e. The Balaban J connectivity index is 1.67. The van der Waals surface area contributed by atoms with Crippen LogP contribution in [-0.2, 0) is 9.53 Å². The van der Waals surface area contributed by atoms with Crippen molar-refractivity contribution in [2.24, 2.45) is 0 Å². The highest BCUT2D eigenvalue weighted by Crippen LogP contribution is 2.10. The summed E-state index contributed by atoms with van der Waals surface area (Å²) in [5.41, 5.74) is 1.73. The van der Waals surface area contributed by atoms with E-state index in [1.165, 1.54) is 0 Å². The fourth-order valence-electron chi connectivity index (χ4n) is 2.16. The Labute approximate surface area is 114 Å². The van der Waals surface area contributed by atoms with Crippen molar-refractivity contribution < 1.29 is 9.53 Å². The van der Waals surface area contributed by atoms with Crippen LogP contribution in [0.15, 0.2) is 24.3 Å². The molecule has 4 nitrogen and oxygen atoms in total. The summed E-state index contributed by atoms with van der Waals surface area (Å²) in [5, 5.41) is 2.90. The molecular formula is C15H21N2O2.